The van der Waals surface area contributed by atoms with Gasteiger partial charge in [0.2, 0.25) is 0 Å². The maximum Gasteiger partial charge on any atom is 0.251 e. The van der Waals surface area contributed by atoms with E-state index in [0.717, 1.165) is 28.4 Å². The molecule has 0 saturated heterocycles. The van der Waals surface area contributed by atoms with Crippen molar-refractivity contribution in [3.63, 3.8) is 0 Å². The first-order valence-corrected chi connectivity index (χ1v) is 8.65. The third-order valence-corrected chi connectivity index (χ3v) is 4.64. The second-order valence-corrected chi connectivity index (χ2v) is 6.50. The summed E-state index contributed by atoms with van der Waals surface area (Å²) >= 11 is 1.55. The van der Waals surface area contributed by atoms with Gasteiger partial charge in [-0.1, -0.05) is 29.8 Å². The van der Waals surface area contributed by atoms with E-state index in [0.29, 0.717) is 13.0 Å². The van der Waals surface area contributed by atoms with Crippen molar-refractivity contribution in [2.75, 3.05) is 6.54 Å². The molecule has 1 heterocycles. The van der Waals surface area contributed by atoms with E-state index in [-0.39, 0.29) is 5.56 Å². The highest BCUT2D eigenvalue weighted by Crippen LogP contribution is 2.24. The molecule has 0 aliphatic carbocycles. The van der Waals surface area contributed by atoms with Crippen LogP contribution in [0.4, 0.5) is 8.78 Å². The van der Waals surface area contributed by atoms with Crippen LogP contribution in [0.15, 0.2) is 47.8 Å². The lowest BCUT2D eigenvalue weighted by atomic mass is 10.2. The van der Waals surface area contributed by atoms with E-state index in [1.165, 1.54) is 11.6 Å². The van der Waals surface area contributed by atoms with Gasteiger partial charge in [-0.3, -0.25) is 4.79 Å². The summed E-state index contributed by atoms with van der Waals surface area (Å²) in [6.45, 7) is 2.40. The summed E-state index contributed by atoms with van der Waals surface area (Å²) in [4.78, 5) is 16.5. The first-order chi connectivity index (χ1) is 12.0. The largest absolute Gasteiger partial charge is 0.352 e. The van der Waals surface area contributed by atoms with Gasteiger partial charge >= 0.3 is 0 Å². The number of nitrogens with one attached hydrogen (secondary N) is 1. The zero-order chi connectivity index (χ0) is 17.8. The van der Waals surface area contributed by atoms with Crippen LogP contribution in [0.25, 0.3) is 10.6 Å². The van der Waals surface area contributed by atoms with Gasteiger partial charge in [0.25, 0.3) is 5.91 Å². The summed E-state index contributed by atoms with van der Waals surface area (Å²) in [5.41, 5.74) is 3.23. The molecule has 6 heteroatoms. The molecule has 0 saturated carbocycles. The Labute approximate surface area is 148 Å². The third-order valence-electron chi connectivity index (χ3n) is 3.70. The van der Waals surface area contributed by atoms with E-state index in [1.807, 2.05) is 36.6 Å². The predicted octanol–water partition coefficient (Wildman–Crippen LogP) is 4.37. The Balaban J connectivity index is 1.56. The fourth-order valence-corrected chi connectivity index (χ4v) is 3.15. The van der Waals surface area contributed by atoms with Crippen LogP contribution in [0.5, 0.6) is 0 Å². The van der Waals surface area contributed by atoms with Crippen LogP contribution in [0.1, 0.15) is 21.6 Å². The molecule has 0 fully saturated rings. The minimum atomic E-state index is -1.03. The van der Waals surface area contributed by atoms with Crippen molar-refractivity contribution in [1.29, 1.82) is 0 Å². The lowest BCUT2D eigenvalue weighted by Gasteiger charge is -2.04. The average molecular weight is 358 g/mol. The summed E-state index contributed by atoms with van der Waals surface area (Å²) in [5, 5.41) is 5.58. The smallest absolute Gasteiger partial charge is 0.251 e. The van der Waals surface area contributed by atoms with Crippen LogP contribution in [0.3, 0.4) is 0 Å². The fraction of sp³-hybridized carbons (Fsp3) is 0.158. The Bertz CT molecular complexity index is 891. The molecule has 1 N–H and O–H groups in total. The normalized spacial score (nSPS) is 10.7. The number of amides is 1. The molecule has 0 unspecified atom stereocenters. The first kappa shape index (κ1) is 17.2. The van der Waals surface area contributed by atoms with Crippen molar-refractivity contribution in [3.8, 4) is 10.6 Å². The Kier molecular flexibility index (Phi) is 5.19. The van der Waals surface area contributed by atoms with Crippen molar-refractivity contribution in [3.05, 3.63) is 76.3 Å². The number of aromatic nitrogens is 1. The standard InChI is InChI=1S/C19H16F2N2OS/c1-12-2-4-13(5-3-12)19-23-15(11-25-19)8-9-22-18(24)14-6-7-16(20)17(21)10-14/h2-7,10-11H,8-9H2,1H3,(H,22,24). The second-order valence-electron chi connectivity index (χ2n) is 5.64. The molecular formula is C19H16F2N2OS. The van der Waals surface area contributed by atoms with Crippen molar-refractivity contribution in [1.82, 2.24) is 10.3 Å². The van der Waals surface area contributed by atoms with Gasteiger partial charge in [0.1, 0.15) is 5.01 Å². The molecule has 0 bridgehead atoms. The van der Waals surface area contributed by atoms with E-state index >= 15 is 0 Å². The minimum absolute atomic E-state index is 0.0949. The quantitative estimate of drug-likeness (QED) is 0.736. The van der Waals surface area contributed by atoms with E-state index in [9.17, 15) is 13.6 Å². The Hall–Kier alpha value is -2.60. The van der Waals surface area contributed by atoms with Gasteiger partial charge in [0.15, 0.2) is 11.6 Å². The molecule has 3 rings (SSSR count). The molecule has 0 aliphatic rings. The van der Waals surface area contributed by atoms with Crippen LogP contribution in [0.2, 0.25) is 0 Å². The molecular weight excluding hydrogens is 342 g/mol. The number of hydrogen-bond donors (Lipinski definition) is 1. The Morgan fingerprint density at radius 1 is 1.12 bits per heavy atom. The van der Waals surface area contributed by atoms with Gasteiger partial charge in [-0.2, -0.15) is 0 Å². The maximum atomic E-state index is 13.2. The second kappa shape index (κ2) is 7.53. The minimum Gasteiger partial charge on any atom is -0.352 e. The fourth-order valence-electron chi connectivity index (χ4n) is 2.29. The SMILES string of the molecule is Cc1ccc(-c2nc(CCNC(=O)c3ccc(F)c(F)c3)cs2)cc1. The number of carbonyl (C=O) groups excluding carboxylic acids is 1. The molecule has 0 spiro atoms. The summed E-state index contributed by atoms with van der Waals surface area (Å²) < 4.78 is 26.0. The highest BCUT2D eigenvalue weighted by Gasteiger charge is 2.10. The molecule has 3 aromatic rings. The van der Waals surface area contributed by atoms with Crippen LogP contribution >= 0.6 is 11.3 Å². The predicted molar refractivity (Wildman–Crippen MR) is 94.7 cm³/mol. The van der Waals surface area contributed by atoms with Gasteiger partial charge in [-0.15, -0.1) is 11.3 Å². The number of hydrogen-bond acceptors (Lipinski definition) is 3. The molecule has 128 valence electrons. The van der Waals surface area contributed by atoms with Crippen LogP contribution < -0.4 is 5.32 Å². The third kappa shape index (κ3) is 4.28. The number of aryl methyl sites for hydroxylation is 1. The summed E-state index contributed by atoms with van der Waals surface area (Å²) in [6, 6.07) is 11.2. The number of benzene rings is 2. The monoisotopic (exact) mass is 358 g/mol. The Morgan fingerprint density at radius 2 is 1.88 bits per heavy atom. The molecule has 3 nitrogen and oxygen atoms in total. The molecule has 25 heavy (non-hydrogen) atoms. The van der Waals surface area contributed by atoms with Gasteiger partial charge < -0.3 is 5.32 Å². The molecule has 2 aromatic carbocycles. The van der Waals surface area contributed by atoms with Crippen LogP contribution in [-0.2, 0) is 6.42 Å². The number of rotatable bonds is 5. The summed E-state index contributed by atoms with van der Waals surface area (Å²) in [7, 11) is 0. The molecule has 0 radical (unpaired) electrons. The van der Waals surface area contributed by atoms with Crippen molar-refractivity contribution >= 4 is 17.2 Å². The van der Waals surface area contributed by atoms with Gasteiger partial charge in [0, 0.05) is 29.5 Å². The van der Waals surface area contributed by atoms with Crippen molar-refractivity contribution in [2.45, 2.75) is 13.3 Å². The van der Waals surface area contributed by atoms with E-state index in [2.05, 4.69) is 10.3 Å². The van der Waals surface area contributed by atoms with E-state index < -0.39 is 17.5 Å². The maximum absolute atomic E-state index is 13.2. The van der Waals surface area contributed by atoms with Gasteiger partial charge in [-0.05, 0) is 25.1 Å². The van der Waals surface area contributed by atoms with Gasteiger partial charge in [-0.25, -0.2) is 13.8 Å². The number of halogens is 2. The zero-order valence-electron chi connectivity index (χ0n) is 13.6. The zero-order valence-corrected chi connectivity index (χ0v) is 14.4. The lowest BCUT2D eigenvalue weighted by molar-refractivity contribution is 0.0953. The van der Waals surface area contributed by atoms with E-state index in [4.69, 9.17) is 0 Å². The van der Waals surface area contributed by atoms with Crippen molar-refractivity contribution in [2.24, 2.45) is 0 Å². The highest BCUT2D eigenvalue weighted by molar-refractivity contribution is 7.13. The highest BCUT2D eigenvalue weighted by atomic mass is 32.1. The lowest BCUT2D eigenvalue weighted by Crippen LogP contribution is -2.25. The van der Waals surface area contributed by atoms with Crippen LogP contribution in [-0.4, -0.2) is 17.4 Å². The number of nitrogens with zero attached hydrogens (tertiary/aromatic N) is 1. The Morgan fingerprint density at radius 3 is 2.60 bits per heavy atom. The molecule has 0 atom stereocenters. The topological polar surface area (TPSA) is 42.0 Å². The van der Waals surface area contributed by atoms with E-state index in [1.54, 1.807) is 11.3 Å². The number of thiazole rings is 1. The van der Waals surface area contributed by atoms with Crippen molar-refractivity contribution < 1.29 is 13.6 Å². The van der Waals surface area contributed by atoms with Gasteiger partial charge in [0.05, 0.1) is 5.69 Å². The molecule has 1 amide bonds. The molecule has 0 aliphatic heterocycles. The summed E-state index contributed by atoms with van der Waals surface area (Å²) in [6.07, 6.45) is 0.567. The summed E-state index contributed by atoms with van der Waals surface area (Å²) in [5.74, 6) is -2.44. The van der Waals surface area contributed by atoms with Crippen LogP contribution in [0, 0.1) is 18.6 Å². The number of carbonyl (C=O) groups is 1. The first-order valence-electron chi connectivity index (χ1n) is 7.77. The molecule has 1 aromatic heterocycles. The average Bonchev–Trinajstić information content (AvgIpc) is 3.06.